The standard InChI is InChI=1S/C69H62N2/c1-65-39-19-21-41-67(65,3)70(52-27-13-7-14-28-52)62-37-34-48(44-59(62)65)47-33-36-56-58(43-47)69(50-23-9-5-10-24-50,51-25-11-6-12-26-51)61-46-57(54-31-17-18-32-55(54)64(56)61)49-35-38-63-60(45-49)66(2)40-20-22-42-68(66,4)71(63)53-29-15-8-16-30-53/h5-18,23-38,43-46H,19-22,39-42H2,1-4H3. The van der Waals surface area contributed by atoms with E-state index in [1.807, 2.05) is 0 Å². The van der Waals surface area contributed by atoms with Crippen molar-refractivity contribution >= 4 is 33.5 Å². The molecule has 4 atom stereocenters. The van der Waals surface area contributed by atoms with Gasteiger partial charge in [-0.05, 0) is 178 Å². The van der Waals surface area contributed by atoms with Gasteiger partial charge in [-0.25, -0.2) is 0 Å². The minimum absolute atomic E-state index is 0.00440. The summed E-state index contributed by atoms with van der Waals surface area (Å²) < 4.78 is 0. The Bertz CT molecular complexity index is 3520. The van der Waals surface area contributed by atoms with Crippen LogP contribution in [0.15, 0.2) is 206 Å². The van der Waals surface area contributed by atoms with Crippen LogP contribution in [0.5, 0.6) is 0 Å². The van der Waals surface area contributed by atoms with Gasteiger partial charge in [0.25, 0.3) is 0 Å². The van der Waals surface area contributed by atoms with Gasteiger partial charge in [0.2, 0.25) is 0 Å². The molecule has 3 aliphatic carbocycles. The molecule has 4 unspecified atom stereocenters. The number of rotatable bonds is 6. The Morgan fingerprint density at radius 2 is 0.761 bits per heavy atom. The van der Waals surface area contributed by atoms with Crippen LogP contribution < -0.4 is 9.80 Å². The highest BCUT2D eigenvalue weighted by Gasteiger charge is 2.59. The van der Waals surface area contributed by atoms with E-state index in [4.69, 9.17) is 0 Å². The second kappa shape index (κ2) is 15.4. The molecule has 0 bridgehead atoms. The van der Waals surface area contributed by atoms with E-state index in [0.29, 0.717) is 0 Å². The normalized spacial score (nSPS) is 24.5. The molecule has 2 heteroatoms. The van der Waals surface area contributed by atoms with Gasteiger partial charge in [-0.3, -0.25) is 0 Å². The minimum atomic E-state index is -0.578. The first-order valence-corrected chi connectivity index (χ1v) is 26.5. The Labute approximate surface area is 420 Å². The van der Waals surface area contributed by atoms with Crippen molar-refractivity contribution < 1.29 is 0 Å². The molecule has 71 heavy (non-hydrogen) atoms. The third-order valence-electron chi connectivity index (χ3n) is 19.4. The molecule has 0 saturated heterocycles. The molecule has 0 aromatic heterocycles. The summed E-state index contributed by atoms with van der Waals surface area (Å²) in [7, 11) is 0. The number of nitrogens with zero attached hydrogens (tertiary/aromatic N) is 2. The van der Waals surface area contributed by atoms with E-state index in [9.17, 15) is 0 Å². The molecule has 0 radical (unpaired) electrons. The van der Waals surface area contributed by atoms with E-state index in [-0.39, 0.29) is 21.9 Å². The molecular weight excluding hydrogens is 857 g/mol. The molecular formula is C69H62N2. The van der Waals surface area contributed by atoms with Crippen molar-refractivity contribution in [1.29, 1.82) is 0 Å². The Balaban J connectivity index is 0.997. The Morgan fingerprint density at radius 3 is 1.30 bits per heavy atom. The maximum absolute atomic E-state index is 2.70. The quantitative estimate of drug-likeness (QED) is 0.164. The molecule has 9 aromatic carbocycles. The number of benzene rings is 9. The van der Waals surface area contributed by atoms with Crippen LogP contribution in [0, 0.1) is 0 Å². The van der Waals surface area contributed by atoms with Gasteiger partial charge >= 0.3 is 0 Å². The zero-order chi connectivity index (χ0) is 47.7. The lowest BCUT2D eigenvalue weighted by Gasteiger charge is -2.50. The molecule has 2 aliphatic heterocycles. The van der Waals surface area contributed by atoms with Gasteiger partial charge in [0.1, 0.15) is 0 Å². The van der Waals surface area contributed by atoms with Crippen molar-refractivity contribution in [3.05, 3.63) is 240 Å². The lowest BCUT2D eigenvalue weighted by Crippen LogP contribution is -2.54. The van der Waals surface area contributed by atoms with Crippen LogP contribution in [0.2, 0.25) is 0 Å². The van der Waals surface area contributed by atoms with Crippen LogP contribution in [0.1, 0.15) is 112 Å². The largest absolute Gasteiger partial charge is 0.334 e. The smallest absolute Gasteiger partial charge is 0.0714 e. The average molecular weight is 919 g/mol. The van der Waals surface area contributed by atoms with Gasteiger partial charge in [0, 0.05) is 33.6 Å². The van der Waals surface area contributed by atoms with E-state index in [1.54, 1.807) is 0 Å². The predicted molar refractivity (Wildman–Crippen MR) is 298 cm³/mol. The zero-order valence-electron chi connectivity index (χ0n) is 41.7. The third kappa shape index (κ3) is 5.65. The van der Waals surface area contributed by atoms with Crippen molar-refractivity contribution in [2.75, 3.05) is 9.80 Å². The fourth-order valence-electron chi connectivity index (χ4n) is 15.5. The zero-order valence-corrected chi connectivity index (χ0v) is 41.7. The maximum Gasteiger partial charge on any atom is 0.0714 e. The summed E-state index contributed by atoms with van der Waals surface area (Å²) in [5.74, 6) is 0. The fraction of sp³-hybridized carbons (Fsp3) is 0.246. The second-order valence-electron chi connectivity index (χ2n) is 22.6. The molecule has 0 N–H and O–H groups in total. The number of anilines is 4. The average Bonchev–Trinajstić information content (AvgIpc) is 3.92. The third-order valence-corrected chi connectivity index (χ3v) is 19.4. The van der Waals surface area contributed by atoms with Crippen LogP contribution in [-0.4, -0.2) is 11.1 Å². The highest BCUT2D eigenvalue weighted by molar-refractivity contribution is 6.10. The molecule has 0 amide bonds. The van der Waals surface area contributed by atoms with Crippen LogP contribution >= 0.6 is 0 Å². The number of fused-ring (bicyclic) bond motifs is 11. The molecule has 2 nitrogen and oxygen atoms in total. The fourth-order valence-corrected chi connectivity index (χ4v) is 15.5. The van der Waals surface area contributed by atoms with Crippen LogP contribution in [0.4, 0.5) is 22.7 Å². The molecule has 5 aliphatic rings. The number of hydrogen-bond acceptors (Lipinski definition) is 2. The Morgan fingerprint density at radius 1 is 0.338 bits per heavy atom. The topological polar surface area (TPSA) is 6.48 Å². The summed E-state index contributed by atoms with van der Waals surface area (Å²) in [4.78, 5) is 5.39. The van der Waals surface area contributed by atoms with Crippen molar-refractivity contribution in [2.45, 2.75) is 106 Å². The van der Waals surface area contributed by atoms with E-state index in [2.05, 4.69) is 244 Å². The number of para-hydroxylation sites is 2. The van der Waals surface area contributed by atoms with Crippen molar-refractivity contribution in [3.8, 4) is 33.4 Å². The molecule has 9 aromatic rings. The van der Waals surface area contributed by atoms with E-state index < -0.39 is 5.41 Å². The van der Waals surface area contributed by atoms with E-state index in [0.717, 1.165) is 0 Å². The summed E-state index contributed by atoms with van der Waals surface area (Å²) in [5, 5.41) is 2.61. The van der Waals surface area contributed by atoms with E-state index in [1.165, 1.54) is 152 Å². The summed E-state index contributed by atoms with van der Waals surface area (Å²) in [6, 6.07) is 79.4. The SMILES string of the molecule is CC12CCCCC1(C)N(c1ccccc1)c1ccc(-c3ccc4c(c3)C(c3ccccc3)(c3ccccc3)c3cc(-c5ccc6c(c5)C5(C)CCCCC5(C)N6c5ccccc5)c5ccccc5c3-4)cc12. The van der Waals surface area contributed by atoms with E-state index >= 15 is 0 Å². The molecule has 2 fully saturated rings. The molecule has 0 spiro atoms. The highest BCUT2D eigenvalue weighted by Crippen LogP contribution is 2.64. The highest BCUT2D eigenvalue weighted by atomic mass is 15.3. The van der Waals surface area contributed by atoms with Gasteiger partial charge in [-0.15, -0.1) is 0 Å². The minimum Gasteiger partial charge on any atom is -0.334 e. The summed E-state index contributed by atoms with van der Waals surface area (Å²) in [6.45, 7) is 10.2. The van der Waals surface area contributed by atoms with Gasteiger partial charge in [-0.1, -0.05) is 185 Å². The molecule has 2 saturated carbocycles. The first-order valence-electron chi connectivity index (χ1n) is 26.5. The molecule has 348 valence electrons. The summed E-state index contributed by atoms with van der Waals surface area (Å²) in [5.41, 5.74) is 20.8. The lowest BCUT2D eigenvalue weighted by atomic mass is 9.61. The van der Waals surface area contributed by atoms with Crippen LogP contribution in [0.3, 0.4) is 0 Å². The van der Waals surface area contributed by atoms with Crippen LogP contribution in [0.25, 0.3) is 44.2 Å². The van der Waals surface area contributed by atoms with Crippen molar-refractivity contribution in [3.63, 3.8) is 0 Å². The van der Waals surface area contributed by atoms with Crippen molar-refractivity contribution in [2.24, 2.45) is 0 Å². The second-order valence-corrected chi connectivity index (χ2v) is 22.6. The predicted octanol–water partition coefficient (Wildman–Crippen LogP) is 18.0. The van der Waals surface area contributed by atoms with Crippen molar-refractivity contribution in [1.82, 2.24) is 0 Å². The molecule has 14 rings (SSSR count). The molecule has 2 heterocycles. The first-order chi connectivity index (χ1) is 34.7. The van der Waals surface area contributed by atoms with Crippen LogP contribution in [-0.2, 0) is 16.2 Å². The van der Waals surface area contributed by atoms with Gasteiger partial charge in [0.15, 0.2) is 0 Å². The lowest BCUT2D eigenvalue weighted by molar-refractivity contribution is 0.195. The Kier molecular flexibility index (Phi) is 9.27. The van der Waals surface area contributed by atoms with Gasteiger partial charge in [0.05, 0.1) is 16.5 Å². The maximum atomic E-state index is 2.70. The summed E-state index contributed by atoms with van der Waals surface area (Å²) in [6.07, 6.45) is 9.78. The Hall–Kier alpha value is -7.16. The van der Waals surface area contributed by atoms with Gasteiger partial charge < -0.3 is 9.80 Å². The van der Waals surface area contributed by atoms with Gasteiger partial charge in [-0.2, -0.15) is 0 Å². The number of hydrogen-bond donors (Lipinski definition) is 0. The monoisotopic (exact) mass is 918 g/mol. The first kappa shape index (κ1) is 42.7. The summed E-state index contributed by atoms with van der Waals surface area (Å²) >= 11 is 0.